The SMILES string of the molecule is CS(=O)(=O)Cc1ccc(C(=O)NC2CCCC2CN)cc1.Cl. The van der Waals surface area contributed by atoms with E-state index in [0.29, 0.717) is 23.6 Å². The van der Waals surface area contributed by atoms with Crippen LogP contribution in [-0.2, 0) is 15.6 Å². The van der Waals surface area contributed by atoms with Crippen molar-refractivity contribution in [3.8, 4) is 0 Å². The normalized spacial score (nSPS) is 21.2. The first-order valence-electron chi connectivity index (χ1n) is 7.16. The van der Waals surface area contributed by atoms with E-state index in [4.69, 9.17) is 5.73 Å². The third-order valence-electron chi connectivity index (χ3n) is 3.92. The van der Waals surface area contributed by atoms with Gasteiger partial charge in [-0.2, -0.15) is 0 Å². The van der Waals surface area contributed by atoms with Crippen LogP contribution in [0.15, 0.2) is 24.3 Å². The van der Waals surface area contributed by atoms with Gasteiger partial charge in [0.05, 0.1) is 5.75 Å². The summed E-state index contributed by atoms with van der Waals surface area (Å²) in [7, 11) is -3.05. The number of nitrogens with two attached hydrogens (primary N) is 1. The molecule has 1 aliphatic rings. The molecule has 2 atom stereocenters. The predicted octanol–water partition coefficient (Wildman–Crippen LogP) is 1.51. The summed E-state index contributed by atoms with van der Waals surface area (Å²) < 4.78 is 22.5. The van der Waals surface area contributed by atoms with Crippen molar-refractivity contribution in [3.05, 3.63) is 35.4 Å². The van der Waals surface area contributed by atoms with Crippen LogP contribution in [0.2, 0.25) is 0 Å². The summed E-state index contributed by atoms with van der Waals surface area (Å²) in [5.74, 6) is 0.233. The third-order valence-corrected chi connectivity index (χ3v) is 4.78. The van der Waals surface area contributed by atoms with E-state index < -0.39 is 9.84 Å². The molecule has 0 heterocycles. The van der Waals surface area contributed by atoms with Crippen LogP contribution in [0.4, 0.5) is 0 Å². The minimum Gasteiger partial charge on any atom is -0.349 e. The number of carbonyl (C=O) groups is 1. The van der Waals surface area contributed by atoms with E-state index in [2.05, 4.69) is 5.32 Å². The standard InChI is InChI=1S/C15H22N2O3S.ClH/c1-21(19,20)10-11-5-7-12(8-6-11)15(18)17-14-4-2-3-13(14)9-16;/h5-8,13-14H,2-4,9-10,16H2,1H3,(H,17,18);1H. The summed E-state index contributed by atoms with van der Waals surface area (Å²) in [5.41, 5.74) is 6.95. The highest BCUT2D eigenvalue weighted by Crippen LogP contribution is 2.24. The number of benzene rings is 1. The summed E-state index contributed by atoms with van der Waals surface area (Å²) >= 11 is 0. The predicted molar refractivity (Wildman–Crippen MR) is 89.9 cm³/mol. The second-order valence-corrected chi connectivity index (χ2v) is 7.91. The molecular formula is C15H23ClN2O3S. The summed E-state index contributed by atoms with van der Waals surface area (Å²) in [6.07, 6.45) is 4.33. The Morgan fingerprint density at radius 2 is 1.91 bits per heavy atom. The fraction of sp³-hybridized carbons (Fsp3) is 0.533. The lowest BCUT2D eigenvalue weighted by Crippen LogP contribution is -2.39. The maximum Gasteiger partial charge on any atom is 0.251 e. The third kappa shape index (κ3) is 5.26. The molecule has 0 aromatic heterocycles. The fourth-order valence-electron chi connectivity index (χ4n) is 2.82. The number of hydrogen-bond donors (Lipinski definition) is 2. The van der Waals surface area contributed by atoms with Gasteiger partial charge in [-0.05, 0) is 43.0 Å². The molecule has 0 bridgehead atoms. The highest BCUT2D eigenvalue weighted by Gasteiger charge is 2.27. The van der Waals surface area contributed by atoms with Crippen LogP contribution in [-0.4, -0.2) is 33.2 Å². The molecule has 1 aliphatic carbocycles. The number of rotatable bonds is 5. The molecule has 2 rings (SSSR count). The van der Waals surface area contributed by atoms with Gasteiger partial charge in [0, 0.05) is 17.9 Å². The first-order chi connectivity index (χ1) is 9.89. The summed E-state index contributed by atoms with van der Waals surface area (Å²) in [6.45, 7) is 0.595. The van der Waals surface area contributed by atoms with Crippen LogP contribution in [0.1, 0.15) is 35.2 Å². The minimum absolute atomic E-state index is 0. The Balaban J connectivity index is 0.00000242. The number of amides is 1. The molecule has 5 nitrogen and oxygen atoms in total. The van der Waals surface area contributed by atoms with Gasteiger partial charge in [-0.3, -0.25) is 4.79 Å². The van der Waals surface area contributed by atoms with Gasteiger partial charge in [0.15, 0.2) is 9.84 Å². The molecule has 0 spiro atoms. The number of hydrogen-bond acceptors (Lipinski definition) is 4. The lowest BCUT2D eigenvalue weighted by atomic mass is 10.0. The molecule has 0 saturated heterocycles. The minimum atomic E-state index is -3.05. The molecule has 1 aromatic rings. The smallest absolute Gasteiger partial charge is 0.251 e. The quantitative estimate of drug-likeness (QED) is 0.845. The molecule has 0 radical (unpaired) electrons. The largest absolute Gasteiger partial charge is 0.349 e. The van der Waals surface area contributed by atoms with E-state index >= 15 is 0 Å². The number of sulfone groups is 1. The van der Waals surface area contributed by atoms with Crippen molar-refractivity contribution in [3.63, 3.8) is 0 Å². The van der Waals surface area contributed by atoms with Gasteiger partial charge in [-0.25, -0.2) is 8.42 Å². The van der Waals surface area contributed by atoms with Gasteiger partial charge in [0.1, 0.15) is 0 Å². The van der Waals surface area contributed by atoms with Crippen LogP contribution in [0.3, 0.4) is 0 Å². The van der Waals surface area contributed by atoms with Crippen molar-refractivity contribution in [2.24, 2.45) is 11.7 Å². The van der Waals surface area contributed by atoms with Crippen LogP contribution in [0.25, 0.3) is 0 Å². The van der Waals surface area contributed by atoms with Crippen LogP contribution < -0.4 is 11.1 Å². The lowest BCUT2D eigenvalue weighted by molar-refractivity contribution is 0.0929. The van der Waals surface area contributed by atoms with Crippen molar-refractivity contribution in [1.82, 2.24) is 5.32 Å². The van der Waals surface area contributed by atoms with Crippen molar-refractivity contribution in [1.29, 1.82) is 0 Å². The molecule has 1 fully saturated rings. The average molecular weight is 347 g/mol. The summed E-state index contributed by atoms with van der Waals surface area (Å²) in [6, 6.07) is 6.86. The topological polar surface area (TPSA) is 89.3 Å². The highest BCUT2D eigenvalue weighted by atomic mass is 35.5. The number of halogens is 1. The average Bonchev–Trinajstić information content (AvgIpc) is 2.85. The first-order valence-corrected chi connectivity index (χ1v) is 9.22. The molecule has 124 valence electrons. The molecule has 1 aromatic carbocycles. The maximum absolute atomic E-state index is 12.2. The zero-order valence-electron chi connectivity index (χ0n) is 12.6. The molecule has 2 unspecified atom stereocenters. The van der Waals surface area contributed by atoms with E-state index in [1.807, 2.05) is 0 Å². The summed E-state index contributed by atoms with van der Waals surface area (Å²) in [5, 5.41) is 3.03. The Morgan fingerprint density at radius 3 is 2.45 bits per heavy atom. The zero-order chi connectivity index (χ0) is 15.5. The Morgan fingerprint density at radius 1 is 1.27 bits per heavy atom. The van der Waals surface area contributed by atoms with Gasteiger partial charge in [-0.15, -0.1) is 12.4 Å². The number of carbonyl (C=O) groups excluding carboxylic acids is 1. The van der Waals surface area contributed by atoms with Crippen LogP contribution in [0.5, 0.6) is 0 Å². The van der Waals surface area contributed by atoms with Gasteiger partial charge in [0.25, 0.3) is 5.91 Å². The fourth-order valence-corrected chi connectivity index (χ4v) is 3.61. The first kappa shape index (κ1) is 18.9. The second kappa shape index (κ2) is 7.94. The highest BCUT2D eigenvalue weighted by molar-refractivity contribution is 7.89. The lowest BCUT2D eigenvalue weighted by Gasteiger charge is -2.19. The van der Waals surface area contributed by atoms with Gasteiger partial charge in [0.2, 0.25) is 0 Å². The van der Waals surface area contributed by atoms with E-state index in [1.54, 1.807) is 24.3 Å². The Bertz CT molecular complexity index is 602. The van der Waals surface area contributed by atoms with Crippen molar-refractivity contribution in [2.75, 3.05) is 12.8 Å². The molecule has 22 heavy (non-hydrogen) atoms. The van der Waals surface area contributed by atoms with Gasteiger partial charge in [-0.1, -0.05) is 18.6 Å². The van der Waals surface area contributed by atoms with E-state index in [1.165, 1.54) is 6.26 Å². The van der Waals surface area contributed by atoms with Crippen molar-refractivity contribution >= 4 is 28.2 Å². The van der Waals surface area contributed by atoms with Crippen LogP contribution >= 0.6 is 12.4 Å². The van der Waals surface area contributed by atoms with Crippen molar-refractivity contribution in [2.45, 2.75) is 31.1 Å². The Kier molecular flexibility index (Phi) is 6.84. The Labute approximate surface area is 138 Å². The second-order valence-electron chi connectivity index (χ2n) is 5.77. The summed E-state index contributed by atoms with van der Waals surface area (Å²) in [4.78, 5) is 12.2. The Hall–Kier alpha value is -1.11. The molecule has 0 aliphatic heterocycles. The van der Waals surface area contributed by atoms with Gasteiger partial charge >= 0.3 is 0 Å². The maximum atomic E-state index is 12.2. The molecule has 7 heteroatoms. The van der Waals surface area contributed by atoms with E-state index in [0.717, 1.165) is 19.3 Å². The van der Waals surface area contributed by atoms with E-state index in [9.17, 15) is 13.2 Å². The monoisotopic (exact) mass is 346 g/mol. The van der Waals surface area contributed by atoms with Gasteiger partial charge < -0.3 is 11.1 Å². The number of nitrogens with one attached hydrogen (secondary N) is 1. The van der Waals surface area contributed by atoms with E-state index in [-0.39, 0.29) is 30.1 Å². The molecule has 1 saturated carbocycles. The van der Waals surface area contributed by atoms with Crippen LogP contribution in [0, 0.1) is 5.92 Å². The zero-order valence-corrected chi connectivity index (χ0v) is 14.3. The molecule has 3 N–H and O–H groups in total. The van der Waals surface area contributed by atoms with Crippen molar-refractivity contribution < 1.29 is 13.2 Å². The molecule has 1 amide bonds. The molecular weight excluding hydrogens is 324 g/mol.